The first kappa shape index (κ1) is 24.0. The second-order valence-corrected chi connectivity index (χ2v) is 8.67. The van der Waals surface area contributed by atoms with Gasteiger partial charge in [0.2, 0.25) is 10.0 Å². The molecule has 0 aliphatic carbocycles. The molecular formula is C19H16F6N2O4S. The van der Waals surface area contributed by atoms with Crippen LogP contribution in [-0.2, 0) is 27.1 Å². The predicted octanol–water partition coefficient (Wildman–Crippen LogP) is 4.00. The number of halogens is 6. The van der Waals surface area contributed by atoms with Crippen molar-refractivity contribution in [3.05, 3.63) is 59.2 Å². The molecule has 1 N–H and O–H groups in total. The molecule has 2 aromatic carbocycles. The smallest absolute Gasteiger partial charge is 0.379 e. The maximum atomic E-state index is 13.0. The number of morpholine rings is 1. The summed E-state index contributed by atoms with van der Waals surface area (Å²) in [6, 6.07) is 5.51. The number of nitrogens with one attached hydrogen (secondary N) is 1. The summed E-state index contributed by atoms with van der Waals surface area (Å²) in [5, 5.41) is 1.95. The summed E-state index contributed by atoms with van der Waals surface area (Å²) in [6.07, 6.45) is -10.2. The van der Waals surface area contributed by atoms with Crippen molar-refractivity contribution < 1.29 is 44.3 Å². The minimum absolute atomic E-state index is 0.0286. The van der Waals surface area contributed by atoms with Crippen molar-refractivity contribution in [2.75, 3.05) is 31.6 Å². The van der Waals surface area contributed by atoms with Gasteiger partial charge in [-0.25, -0.2) is 8.42 Å². The molecule has 0 radical (unpaired) electrons. The molecule has 1 amide bonds. The Balaban J connectivity index is 1.98. The number of carbonyl (C=O) groups excluding carboxylic acids is 1. The van der Waals surface area contributed by atoms with Crippen molar-refractivity contribution in [2.45, 2.75) is 17.2 Å². The van der Waals surface area contributed by atoms with Gasteiger partial charge in [-0.1, -0.05) is 12.1 Å². The zero-order valence-corrected chi connectivity index (χ0v) is 16.9. The summed E-state index contributed by atoms with van der Waals surface area (Å²) in [5.74, 6) is -1.18. The van der Waals surface area contributed by atoms with Crippen molar-refractivity contribution >= 4 is 21.6 Å². The number of alkyl halides is 6. The molecule has 1 aliphatic rings. The monoisotopic (exact) mass is 482 g/mol. The molecule has 1 aliphatic heterocycles. The molecule has 0 unspecified atom stereocenters. The fourth-order valence-electron chi connectivity index (χ4n) is 3.03. The molecule has 6 nitrogen and oxygen atoms in total. The second kappa shape index (κ2) is 8.71. The molecule has 1 saturated heterocycles. The van der Waals surface area contributed by atoms with Gasteiger partial charge < -0.3 is 10.1 Å². The Bertz CT molecular complexity index is 1080. The molecule has 0 aromatic heterocycles. The zero-order valence-electron chi connectivity index (χ0n) is 16.1. The van der Waals surface area contributed by atoms with E-state index in [0.29, 0.717) is 12.1 Å². The minimum atomic E-state index is -5.10. The van der Waals surface area contributed by atoms with Crippen LogP contribution in [0.2, 0.25) is 0 Å². The van der Waals surface area contributed by atoms with E-state index in [0.717, 1.165) is 16.4 Å². The average Bonchev–Trinajstić information content (AvgIpc) is 2.73. The maximum Gasteiger partial charge on any atom is 0.416 e. The van der Waals surface area contributed by atoms with Crippen LogP contribution in [0, 0.1) is 0 Å². The molecule has 0 atom stereocenters. The standard InChI is InChI=1S/C19H16F6N2O4S/c20-18(21,22)12-9-13(19(23,24)25)11-14(10-12)26-17(28)15-3-1-2-4-16(15)32(29,30)27-5-7-31-8-6-27/h1-4,9-11H,5-8H2,(H,26,28). The molecule has 174 valence electrons. The molecule has 1 fully saturated rings. The third kappa shape index (κ3) is 5.22. The number of anilines is 1. The number of hydrogen-bond donors (Lipinski definition) is 1. The average molecular weight is 482 g/mol. The van der Waals surface area contributed by atoms with E-state index in [2.05, 4.69) is 0 Å². The fourth-order valence-corrected chi connectivity index (χ4v) is 4.63. The number of rotatable bonds is 4. The Kier molecular flexibility index (Phi) is 6.54. The summed E-state index contributed by atoms with van der Waals surface area (Å²) in [7, 11) is -4.16. The van der Waals surface area contributed by atoms with Crippen molar-refractivity contribution in [3.63, 3.8) is 0 Å². The molecule has 3 rings (SSSR count). The first-order valence-electron chi connectivity index (χ1n) is 9.08. The maximum absolute atomic E-state index is 13.0. The van der Waals surface area contributed by atoms with Crippen LogP contribution >= 0.6 is 0 Å². The lowest BCUT2D eigenvalue weighted by atomic mass is 10.1. The number of nitrogens with zero attached hydrogens (tertiary/aromatic N) is 1. The highest BCUT2D eigenvalue weighted by molar-refractivity contribution is 7.89. The van der Waals surface area contributed by atoms with Crippen LogP contribution in [0.25, 0.3) is 0 Å². The Morgan fingerprint density at radius 2 is 1.44 bits per heavy atom. The highest BCUT2D eigenvalue weighted by Gasteiger charge is 2.37. The summed E-state index contributed by atoms with van der Waals surface area (Å²) >= 11 is 0. The van der Waals surface area contributed by atoms with Gasteiger partial charge in [-0.2, -0.15) is 30.6 Å². The lowest BCUT2D eigenvalue weighted by Gasteiger charge is -2.26. The molecule has 32 heavy (non-hydrogen) atoms. The molecular weight excluding hydrogens is 466 g/mol. The summed E-state index contributed by atoms with van der Waals surface area (Å²) < 4.78 is 110. The van der Waals surface area contributed by atoms with Crippen LogP contribution in [0.15, 0.2) is 47.4 Å². The first-order chi connectivity index (χ1) is 14.8. The second-order valence-electron chi connectivity index (χ2n) is 6.76. The number of hydrogen-bond acceptors (Lipinski definition) is 4. The van der Waals surface area contributed by atoms with Crippen LogP contribution in [0.1, 0.15) is 21.5 Å². The van der Waals surface area contributed by atoms with Crippen LogP contribution in [-0.4, -0.2) is 44.9 Å². The topological polar surface area (TPSA) is 75.7 Å². The molecule has 0 bridgehead atoms. The minimum Gasteiger partial charge on any atom is -0.379 e. The third-order valence-electron chi connectivity index (χ3n) is 4.57. The van der Waals surface area contributed by atoms with Gasteiger partial charge in [-0.15, -0.1) is 0 Å². The number of carbonyl (C=O) groups is 1. The number of sulfonamides is 1. The lowest BCUT2D eigenvalue weighted by molar-refractivity contribution is -0.143. The Labute approximate surface area is 178 Å². The van der Waals surface area contributed by atoms with Gasteiger partial charge in [0.15, 0.2) is 0 Å². The largest absolute Gasteiger partial charge is 0.416 e. The number of ether oxygens (including phenoxy) is 1. The van der Waals surface area contributed by atoms with E-state index >= 15 is 0 Å². The van der Waals surface area contributed by atoms with Gasteiger partial charge in [-0.3, -0.25) is 4.79 Å². The van der Waals surface area contributed by atoms with Gasteiger partial charge >= 0.3 is 12.4 Å². The Morgan fingerprint density at radius 1 is 0.906 bits per heavy atom. The van der Waals surface area contributed by atoms with Crippen LogP contribution in [0.3, 0.4) is 0 Å². The SMILES string of the molecule is O=C(Nc1cc(C(F)(F)F)cc(C(F)(F)F)c1)c1ccccc1S(=O)(=O)N1CCOCC1. The lowest BCUT2D eigenvalue weighted by Crippen LogP contribution is -2.41. The van der Waals surface area contributed by atoms with Crippen molar-refractivity contribution in [1.29, 1.82) is 0 Å². The van der Waals surface area contributed by atoms with Gasteiger partial charge in [0, 0.05) is 18.8 Å². The predicted molar refractivity (Wildman–Crippen MR) is 100 cm³/mol. The Morgan fingerprint density at radius 3 is 1.97 bits per heavy atom. The summed E-state index contributed by atoms with van der Waals surface area (Å²) in [5.41, 5.74) is -4.44. The highest BCUT2D eigenvalue weighted by Crippen LogP contribution is 2.37. The van der Waals surface area contributed by atoms with Crippen LogP contribution in [0.4, 0.5) is 32.0 Å². The van der Waals surface area contributed by atoms with E-state index in [1.807, 2.05) is 5.32 Å². The van der Waals surface area contributed by atoms with Gasteiger partial charge in [0.25, 0.3) is 5.91 Å². The van der Waals surface area contributed by atoms with Crippen LogP contribution < -0.4 is 5.32 Å². The van der Waals surface area contributed by atoms with Crippen molar-refractivity contribution in [3.8, 4) is 0 Å². The molecule has 0 saturated carbocycles. The third-order valence-corrected chi connectivity index (χ3v) is 6.52. The number of amides is 1. The molecule has 13 heteroatoms. The van der Waals surface area contributed by atoms with E-state index in [1.165, 1.54) is 12.1 Å². The fraction of sp³-hybridized carbons (Fsp3) is 0.316. The molecule has 2 aromatic rings. The molecule has 1 heterocycles. The quantitative estimate of drug-likeness (QED) is 0.669. The van der Waals surface area contributed by atoms with E-state index in [1.54, 1.807) is 0 Å². The van der Waals surface area contributed by atoms with E-state index in [4.69, 9.17) is 4.74 Å². The van der Waals surface area contributed by atoms with Gasteiger partial charge in [-0.05, 0) is 30.3 Å². The Hall–Kier alpha value is -2.64. The highest BCUT2D eigenvalue weighted by atomic mass is 32.2. The normalized spacial score (nSPS) is 16.1. The van der Waals surface area contributed by atoms with Crippen molar-refractivity contribution in [1.82, 2.24) is 4.31 Å². The summed E-state index contributed by atoms with van der Waals surface area (Å²) in [6.45, 7) is 0.331. The zero-order chi connectivity index (χ0) is 23.7. The van der Waals surface area contributed by atoms with Crippen LogP contribution in [0.5, 0.6) is 0 Å². The first-order valence-corrected chi connectivity index (χ1v) is 10.5. The van der Waals surface area contributed by atoms with Crippen molar-refractivity contribution in [2.24, 2.45) is 0 Å². The summed E-state index contributed by atoms with van der Waals surface area (Å²) in [4.78, 5) is 12.3. The number of benzene rings is 2. The molecule has 0 spiro atoms. The van der Waals surface area contributed by atoms with Gasteiger partial charge in [0.05, 0.1) is 34.8 Å². The van der Waals surface area contributed by atoms with Gasteiger partial charge in [0.1, 0.15) is 0 Å². The van der Waals surface area contributed by atoms with E-state index < -0.39 is 55.6 Å². The van der Waals surface area contributed by atoms with E-state index in [9.17, 15) is 39.6 Å². The van der Waals surface area contributed by atoms with E-state index in [-0.39, 0.29) is 32.4 Å².